The van der Waals surface area contributed by atoms with Gasteiger partial charge in [0.05, 0.1) is 12.5 Å². The lowest BCUT2D eigenvalue weighted by Gasteiger charge is -2.26. The number of ether oxygens (including phenoxy) is 3. The second kappa shape index (κ2) is 8.59. The van der Waals surface area contributed by atoms with Crippen LogP contribution in [0.5, 0.6) is 11.5 Å². The van der Waals surface area contributed by atoms with Crippen molar-refractivity contribution in [2.24, 2.45) is 4.99 Å². The van der Waals surface area contributed by atoms with Gasteiger partial charge in [0.2, 0.25) is 5.88 Å². The Bertz CT molecular complexity index is 990. The Morgan fingerprint density at radius 3 is 2.71 bits per heavy atom. The molecule has 0 aliphatic carbocycles. The van der Waals surface area contributed by atoms with Crippen molar-refractivity contribution in [2.75, 3.05) is 6.61 Å². The zero-order valence-corrected chi connectivity index (χ0v) is 16.1. The summed E-state index contributed by atoms with van der Waals surface area (Å²) in [5.41, 5.74) is 1.95. The summed E-state index contributed by atoms with van der Waals surface area (Å²) in [5, 5.41) is 10.4. The molecule has 0 radical (unpaired) electrons. The summed E-state index contributed by atoms with van der Waals surface area (Å²) in [5.74, 6) is 0.0680. The molecule has 0 aromatic heterocycles. The van der Waals surface area contributed by atoms with E-state index < -0.39 is 11.9 Å². The molecule has 1 aliphatic rings. The monoisotopic (exact) mass is 396 g/mol. The molecule has 6 nitrogen and oxygen atoms in total. The maximum absolute atomic E-state index is 11.3. The van der Waals surface area contributed by atoms with Crippen LogP contribution in [-0.2, 0) is 9.53 Å². The number of carbonyl (C=O) groups is 1. The van der Waals surface area contributed by atoms with E-state index in [2.05, 4.69) is 11.1 Å². The van der Waals surface area contributed by atoms with Crippen molar-refractivity contribution in [3.8, 4) is 17.6 Å². The second-order valence-corrected chi connectivity index (χ2v) is 6.34. The van der Waals surface area contributed by atoms with Gasteiger partial charge in [-0.25, -0.2) is 0 Å². The van der Waals surface area contributed by atoms with E-state index in [-0.39, 0.29) is 5.88 Å². The summed E-state index contributed by atoms with van der Waals surface area (Å²) in [6.45, 7) is 3.58. The highest BCUT2D eigenvalue weighted by molar-refractivity contribution is 6.30. The molecule has 1 atom stereocenters. The van der Waals surface area contributed by atoms with E-state index >= 15 is 0 Å². The summed E-state index contributed by atoms with van der Waals surface area (Å²) >= 11 is 6.01. The number of allylic oxidation sites excluding steroid dienone is 1. The van der Waals surface area contributed by atoms with Gasteiger partial charge in [-0.05, 0) is 30.7 Å². The molecule has 0 spiro atoms. The van der Waals surface area contributed by atoms with Crippen LogP contribution in [0.4, 0.5) is 0 Å². The van der Waals surface area contributed by atoms with Crippen LogP contribution in [-0.4, -0.2) is 19.0 Å². The van der Waals surface area contributed by atoms with Crippen LogP contribution >= 0.6 is 11.6 Å². The Balaban J connectivity index is 2.14. The van der Waals surface area contributed by atoms with Crippen molar-refractivity contribution < 1.29 is 19.0 Å². The number of rotatable bonds is 5. The van der Waals surface area contributed by atoms with Gasteiger partial charge in [-0.2, -0.15) is 10.3 Å². The predicted molar refractivity (Wildman–Crippen MR) is 104 cm³/mol. The Labute approximate surface area is 167 Å². The van der Waals surface area contributed by atoms with Crippen molar-refractivity contribution in [3.63, 3.8) is 0 Å². The van der Waals surface area contributed by atoms with E-state index in [1.165, 1.54) is 13.3 Å². The van der Waals surface area contributed by atoms with Gasteiger partial charge in [0.25, 0.3) is 0 Å². The number of aliphatic imine (C=N–C) groups is 1. The largest absolute Gasteiger partial charge is 0.483 e. The van der Waals surface area contributed by atoms with E-state index in [1.54, 1.807) is 30.3 Å². The van der Waals surface area contributed by atoms with E-state index in [0.717, 1.165) is 11.1 Å². The van der Waals surface area contributed by atoms with Crippen LogP contribution in [0.25, 0.3) is 0 Å². The summed E-state index contributed by atoms with van der Waals surface area (Å²) < 4.78 is 16.1. The van der Waals surface area contributed by atoms with Crippen LogP contribution in [0.1, 0.15) is 30.9 Å². The first-order chi connectivity index (χ1) is 13.5. The molecule has 1 heterocycles. The van der Waals surface area contributed by atoms with Crippen molar-refractivity contribution in [1.82, 2.24) is 0 Å². The van der Waals surface area contributed by atoms with E-state index in [0.29, 0.717) is 28.7 Å². The molecule has 2 aromatic carbocycles. The maximum atomic E-state index is 11.3. The van der Waals surface area contributed by atoms with E-state index in [4.69, 9.17) is 25.8 Å². The third-order valence-electron chi connectivity index (χ3n) is 4.02. The summed E-state index contributed by atoms with van der Waals surface area (Å²) in [7, 11) is 0. The first-order valence-corrected chi connectivity index (χ1v) is 8.95. The van der Waals surface area contributed by atoms with Crippen LogP contribution < -0.4 is 9.47 Å². The Hall–Kier alpha value is -3.30. The van der Waals surface area contributed by atoms with Gasteiger partial charge in [-0.15, -0.1) is 0 Å². The van der Waals surface area contributed by atoms with E-state index in [1.807, 2.05) is 19.1 Å². The first kappa shape index (κ1) is 19.5. The molecular weight excluding hydrogens is 380 g/mol. The number of hydrogen-bond donors (Lipinski definition) is 0. The third-order valence-corrected chi connectivity index (χ3v) is 4.27. The van der Waals surface area contributed by atoms with Gasteiger partial charge >= 0.3 is 5.97 Å². The SMILES string of the molecule is CCOC=NC1=C(C#N)C(c2ccc(Cl)cc2)c2ccc(OC(C)=O)cc2O1. The molecule has 142 valence electrons. The summed E-state index contributed by atoms with van der Waals surface area (Å²) in [4.78, 5) is 15.4. The van der Waals surface area contributed by atoms with Crippen LogP contribution in [0, 0.1) is 11.3 Å². The number of nitriles is 1. The molecular formula is C21H17ClN2O4. The van der Waals surface area contributed by atoms with Crippen molar-refractivity contribution >= 4 is 24.0 Å². The molecule has 0 amide bonds. The van der Waals surface area contributed by atoms with Gasteiger partial charge in [-0.3, -0.25) is 4.79 Å². The molecule has 28 heavy (non-hydrogen) atoms. The lowest BCUT2D eigenvalue weighted by molar-refractivity contribution is -0.131. The lowest BCUT2D eigenvalue weighted by atomic mass is 9.83. The number of nitrogens with zero attached hydrogens (tertiary/aromatic N) is 2. The molecule has 0 saturated heterocycles. The number of hydrogen-bond acceptors (Lipinski definition) is 6. The minimum atomic E-state index is -0.437. The minimum Gasteiger partial charge on any atom is -0.483 e. The van der Waals surface area contributed by atoms with Crippen LogP contribution in [0.15, 0.2) is 58.9 Å². The molecule has 7 heteroatoms. The van der Waals surface area contributed by atoms with Gasteiger partial charge in [0.1, 0.15) is 23.1 Å². The molecule has 0 bridgehead atoms. The molecule has 1 unspecified atom stereocenters. The smallest absolute Gasteiger partial charge is 0.308 e. The van der Waals surface area contributed by atoms with Gasteiger partial charge in [0.15, 0.2) is 6.40 Å². The van der Waals surface area contributed by atoms with Crippen molar-refractivity contribution in [2.45, 2.75) is 19.8 Å². The number of fused-ring (bicyclic) bond motifs is 1. The van der Waals surface area contributed by atoms with Gasteiger partial charge in [0, 0.05) is 23.6 Å². The highest BCUT2D eigenvalue weighted by Crippen LogP contribution is 2.44. The molecule has 0 N–H and O–H groups in total. The molecule has 1 aliphatic heterocycles. The molecule has 2 aromatic rings. The fourth-order valence-electron chi connectivity index (χ4n) is 2.88. The normalized spacial score (nSPS) is 15.6. The topological polar surface area (TPSA) is 80.9 Å². The fourth-order valence-corrected chi connectivity index (χ4v) is 3.00. The highest BCUT2D eigenvalue weighted by atomic mass is 35.5. The lowest BCUT2D eigenvalue weighted by Crippen LogP contribution is -2.16. The molecule has 3 rings (SSSR count). The zero-order valence-electron chi connectivity index (χ0n) is 15.3. The minimum absolute atomic E-state index is 0.128. The van der Waals surface area contributed by atoms with Gasteiger partial charge < -0.3 is 14.2 Å². The van der Waals surface area contributed by atoms with Crippen LogP contribution in [0.3, 0.4) is 0 Å². The Kier molecular flexibility index (Phi) is 5.97. The maximum Gasteiger partial charge on any atom is 0.308 e. The quantitative estimate of drug-likeness (QED) is 0.319. The molecule has 0 saturated carbocycles. The van der Waals surface area contributed by atoms with E-state index in [9.17, 15) is 10.1 Å². The number of halogens is 1. The first-order valence-electron chi connectivity index (χ1n) is 8.57. The third kappa shape index (κ3) is 4.16. The summed E-state index contributed by atoms with van der Waals surface area (Å²) in [6, 6.07) is 14.5. The summed E-state index contributed by atoms with van der Waals surface area (Å²) in [6.07, 6.45) is 1.24. The number of esters is 1. The number of benzene rings is 2. The average molecular weight is 397 g/mol. The zero-order chi connectivity index (χ0) is 20.1. The van der Waals surface area contributed by atoms with Crippen LogP contribution in [0.2, 0.25) is 5.02 Å². The Morgan fingerprint density at radius 2 is 2.07 bits per heavy atom. The highest BCUT2D eigenvalue weighted by Gasteiger charge is 2.32. The average Bonchev–Trinajstić information content (AvgIpc) is 2.67. The molecule has 0 fully saturated rings. The Morgan fingerprint density at radius 1 is 1.32 bits per heavy atom. The van der Waals surface area contributed by atoms with Gasteiger partial charge in [-0.1, -0.05) is 29.8 Å². The fraction of sp³-hybridized carbons (Fsp3) is 0.190. The van der Waals surface area contributed by atoms with Crippen molar-refractivity contribution in [1.29, 1.82) is 5.26 Å². The predicted octanol–water partition coefficient (Wildman–Crippen LogP) is 4.59. The standard InChI is InChI=1S/C21H17ClN2O4/c1-3-26-12-24-21-18(11-23)20(14-4-6-15(22)7-5-14)17-9-8-16(27-13(2)25)10-19(17)28-21/h4-10,12,20H,3H2,1-2H3. The second-order valence-electron chi connectivity index (χ2n) is 5.90. The van der Waals surface area contributed by atoms with Crippen molar-refractivity contribution in [3.05, 3.63) is 70.1 Å². The number of carbonyl (C=O) groups excluding carboxylic acids is 1.